The van der Waals surface area contributed by atoms with Crippen LogP contribution in [0.5, 0.6) is 5.75 Å². The lowest BCUT2D eigenvalue weighted by Gasteiger charge is -2.15. The molecule has 2 aromatic rings. The summed E-state index contributed by atoms with van der Waals surface area (Å²) in [5.41, 5.74) is 2.40. The maximum atomic E-state index is 10.9. The highest BCUT2D eigenvalue weighted by Gasteiger charge is 2.22. The second-order valence-corrected chi connectivity index (χ2v) is 4.54. The lowest BCUT2D eigenvalue weighted by molar-refractivity contribution is -0.481. The van der Waals surface area contributed by atoms with Crippen molar-refractivity contribution in [2.75, 3.05) is 6.54 Å². The Kier molecular flexibility index (Phi) is 3.80. The highest BCUT2D eigenvalue weighted by atomic mass is 16.6. The predicted molar refractivity (Wildman–Crippen MR) is 73.0 cm³/mol. The van der Waals surface area contributed by atoms with E-state index in [0.29, 0.717) is 5.56 Å². The number of aromatic hydroxyl groups is 1. The van der Waals surface area contributed by atoms with Gasteiger partial charge in [-0.1, -0.05) is 48.0 Å². The van der Waals surface area contributed by atoms with Crippen LogP contribution in [0.4, 0.5) is 0 Å². The van der Waals surface area contributed by atoms with Gasteiger partial charge in [0, 0.05) is 10.5 Å². The van der Waals surface area contributed by atoms with Crippen LogP contribution < -0.4 is 0 Å². The van der Waals surface area contributed by atoms with Crippen LogP contribution in [-0.4, -0.2) is 16.6 Å². The van der Waals surface area contributed by atoms with E-state index in [1.165, 1.54) is 0 Å². The van der Waals surface area contributed by atoms with E-state index in [1.807, 2.05) is 37.3 Å². The second kappa shape index (κ2) is 5.52. The molecule has 98 valence electrons. The zero-order valence-corrected chi connectivity index (χ0v) is 10.6. The van der Waals surface area contributed by atoms with Crippen molar-refractivity contribution in [1.29, 1.82) is 0 Å². The third-order valence-corrected chi connectivity index (χ3v) is 3.09. The average molecular weight is 257 g/mol. The van der Waals surface area contributed by atoms with Gasteiger partial charge in [-0.05, 0) is 18.6 Å². The molecule has 19 heavy (non-hydrogen) atoms. The molecule has 0 bridgehead atoms. The molecule has 2 aromatic carbocycles. The Balaban J connectivity index is 2.48. The number of rotatable bonds is 4. The Morgan fingerprint density at radius 1 is 1.21 bits per heavy atom. The Hall–Kier alpha value is -2.36. The molecular weight excluding hydrogens is 242 g/mol. The van der Waals surface area contributed by atoms with Crippen LogP contribution in [0.1, 0.15) is 22.6 Å². The van der Waals surface area contributed by atoms with Crippen molar-refractivity contribution in [3.8, 4) is 5.75 Å². The molecule has 1 atom stereocenters. The third kappa shape index (κ3) is 3.10. The predicted octanol–water partition coefficient (Wildman–Crippen LogP) is 3.11. The van der Waals surface area contributed by atoms with Crippen molar-refractivity contribution in [3.63, 3.8) is 0 Å². The minimum Gasteiger partial charge on any atom is -0.508 e. The number of phenolic OH excluding ortho intramolecular Hbond substituents is 1. The summed E-state index contributed by atoms with van der Waals surface area (Å²) in [4.78, 5) is 10.5. The summed E-state index contributed by atoms with van der Waals surface area (Å²) in [6.07, 6.45) is 0. The first-order chi connectivity index (χ1) is 9.08. The molecule has 0 aliphatic carbocycles. The Bertz CT molecular complexity index is 581. The van der Waals surface area contributed by atoms with Crippen LogP contribution >= 0.6 is 0 Å². The normalized spacial score (nSPS) is 12.1. The van der Waals surface area contributed by atoms with Crippen LogP contribution in [0.15, 0.2) is 48.5 Å². The molecular formula is C15H15NO3. The van der Waals surface area contributed by atoms with Crippen LogP contribution in [0.3, 0.4) is 0 Å². The van der Waals surface area contributed by atoms with Gasteiger partial charge in [0.25, 0.3) is 0 Å². The first-order valence-corrected chi connectivity index (χ1v) is 6.04. The van der Waals surface area contributed by atoms with Gasteiger partial charge in [-0.2, -0.15) is 0 Å². The van der Waals surface area contributed by atoms with Crippen LogP contribution in [0, 0.1) is 17.0 Å². The summed E-state index contributed by atoms with van der Waals surface area (Å²) in [6.45, 7) is 1.66. The highest BCUT2D eigenvalue weighted by molar-refractivity contribution is 5.43. The zero-order chi connectivity index (χ0) is 13.8. The Morgan fingerprint density at radius 3 is 2.53 bits per heavy atom. The zero-order valence-electron chi connectivity index (χ0n) is 10.6. The number of hydrogen-bond donors (Lipinski definition) is 1. The smallest absolute Gasteiger partial charge is 0.214 e. The molecule has 0 radical (unpaired) electrons. The van der Waals surface area contributed by atoms with E-state index >= 15 is 0 Å². The molecule has 0 heterocycles. The van der Waals surface area contributed by atoms with E-state index in [0.717, 1.165) is 11.1 Å². The van der Waals surface area contributed by atoms with Crippen molar-refractivity contribution in [3.05, 3.63) is 75.3 Å². The van der Waals surface area contributed by atoms with Gasteiger partial charge in [0.05, 0.1) is 5.92 Å². The van der Waals surface area contributed by atoms with Crippen molar-refractivity contribution in [2.45, 2.75) is 12.8 Å². The number of nitro groups is 1. The summed E-state index contributed by atoms with van der Waals surface area (Å²) in [5.74, 6) is -0.336. The summed E-state index contributed by atoms with van der Waals surface area (Å²) in [7, 11) is 0. The molecule has 0 aromatic heterocycles. The molecule has 0 saturated heterocycles. The van der Waals surface area contributed by atoms with Crippen LogP contribution in [0.25, 0.3) is 0 Å². The van der Waals surface area contributed by atoms with Crippen molar-refractivity contribution < 1.29 is 10.0 Å². The average Bonchev–Trinajstić information content (AvgIpc) is 2.40. The van der Waals surface area contributed by atoms with Gasteiger partial charge in [0.2, 0.25) is 6.54 Å². The van der Waals surface area contributed by atoms with E-state index in [9.17, 15) is 15.2 Å². The van der Waals surface area contributed by atoms with Gasteiger partial charge >= 0.3 is 0 Å². The fourth-order valence-corrected chi connectivity index (χ4v) is 2.17. The fraction of sp³-hybridized carbons (Fsp3) is 0.200. The second-order valence-electron chi connectivity index (χ2n) is 4.54. The third-order valence-electron chi connectivity index (χ3n) is 3.09. The molecule has 1 N–H and O–H groups in total. The van der Waals surface area contributed by atoms with Gasteiger partial charge in [-0.15, -0.1) is 0 Å². The monoisotopic (exact) mass is 257 g/mol. The van der Waals surface area contributed by atoms with Gasteiger partial charge in [-0.3, -0.25) is 10.1 Å². The number of benzene rings is 2. The molecule has 0 aliphatic rings. The molecule has 0 fully saturated rings. The molecule has 0 saturated carbocycles. The lowest BCUT2D eigenvalue weighted by atomic mass is 9.90. The van der Waals surface area contributed by atoms with E-state index in [4.69, 9.17) is 0 Å². The first-order valence-electron chi connectivity index (χ1n) is 6.04. The summed E-state index contributed by atoms with van der Waals surface area (Å²) >= 11 is 0. The first kappa shape index (κ1) is 13.1. The molecule has 0 aliphatic heterocycles. The molecule has 0 spiro atoms. The number of phenols is 1. The number of aryl methyl sites for hydroxylation is 1. The van der Waals surface area contributed by atoms with Crippen LogP contribution in [-0.2, 0) is 0 Å². The number of hydrogen-bond acceptors (Lipinski definition) is 3. The summed E-state index contributed by atoms with van der Waals surface area (Å²) in [5, 5.41) is 20.8. The van der Waals surface area contributed by atoms with Gasteiger partial charge in [0.1, 0.15) is 5.75 Å². The van der Waals surface area contributed by atoms with E-state index in [1.54, 1.807) is 18.2 Å². The van der Waals surface area contributed by atoms with Gasteiger partial charge in [0.15, 0.2) is 0 Å². The minimum absolute atomic E-state index is 0.0984. The van der Waals surface area contributed by atoms with Crippen LogP contribution in [0.2, 0.25) is 0 Å². The fourth-order valence-electron chi connectivity index (χ4n) is 2.17. The minimum atomic E-state index is -0.434. The van der Waals surface area contributed by atoms with Crippen molar-refractivity contribution in [1.82, 2.24) is 0 Å². The SMILES string of the molecule is Cc1ccc(O)c(C(C[N+](=O)[O-])c2ccccc2)c1. The van der Waals surface area contributed by atoms with Gasteiger partial charge in [-0.25, -0.2) is 0 Å². The highest BCUT2D eigenvalue weighted by Crippen LogP contribution is 2.32. The molecule has 0 amide bonds. The van der Waals surface area contributed by atoms with E-state index in [2.05, 4.69) is 0 Å². The standard InChI is InChI=1S/C15H15NO3/c1-11-7-8-15(17)13(9-11)14(10-16(18)19)12-5-3-2-4-6-12/h2-9,14,17H,10H2,1H3. The topological polar surface area (TPSA) is 63.4 Å². The largest absolute Gasteiger partial charge is 0.508 e. The molecule has 1 unspecified atom stereocenters. The summed E-state index contributed by atoms with van der Waals surface area (Å²) in [6, 6.07) is 14.4. The van der Waals surface area contributed by atoms with Crippen molar-refractivity contribution >= 4 is 0 Å². The maximum Gasteiger partial charge on any atom is 0.214 e. The number of nitrogens with zero attached hydrogens (tertiary/aromatic N) is 1. The van der Waals surface area contributed by atoms with E-state index in [-0.39, 0.29) is 17.2 Å². The Labute approximate surface area is 111 Å². The van der Waals surface area contributed by atoms with Crippen molar-refractivity contribution in [2.24, 2.45) is 0 Å². The van der Waals surface area contributed by atoms with Gasteiger partial charge < -0.3 is 5.11 Å². The Morgan fingerprint density at radius 2 is 1.89 bits per heavy atom. The quantitative estimate of drug-likeness (QED) is 0.676. The summed E-state index contributed by atoms with van der Waals surface area (Å²) < 4.78 is 0. The lowest BCUT2D eigenvalue weighted by Crippen LogP contribution is -2.14. The molecule has 2 rings (SSSR count). The maximum absolute atomic E-state index is 10.9. The molecule has 4 heteroatoms. The molecule has 4 nitrogen and oxygen atoms in total. The van der Waals surface area contributed by atoms with E-state index < -0.39 is 5.92 Å².